The van der Waals surface area contributed by atoms with Crippen molar-refractivity contribution in [3.05, 3.63) is 29.6 Å². The van der Waals surface area contributed by atoms with Crippen molar-refractivity contribution >= 4 is 11.9 Å². The quantitative estimate of drug-likeness (QED) is 0.815. The van der Waals surface area contributed by atoms with Crippen molar-refractivity contribution in [3.8, 4) is 5.75 Å². The minimum Gasteiger partial charge on any atom is -0.507 e. The zero-order chi connectivity index (χ0) is 15.4. The summed E-state index contributed by atoms with van der Waals surface area (Å²) in [5, 5.41) is 12.3. The Hall–Kier alpha value is -2.15. The largest absolute Gasteiger partial charge is 0.507 e. The standard InChI is InChI=1S/C14H17FN2O4/c1-21-14(20)16-10-4-5-17(7-10)8-13(19)11-6-9(15)2-3-12(11)18/h2-3,6,10,18H,4-5,7-8H2,1H3,(H,16,20). The van der Waals surface area contributed by atoms with Crippen molar-refractivity contribution < 1.29 is 23.8 Å². The van der Waals surface area contributed by atoms with Crippen LogP contribution in [-0.4, -0.2) is 54.7 Å². The van der Waals surface area contributed by atoms with E-state index in [9.17, 15) is 19.1 Å². The van der Waals surface area contributed by atoms with Gasteiger partial charge in [0.15, 0.2) is 5.78 Å². The molecule has 1 aliphatic heterocycles. The lowest BCUT2D eigenvalue weighted by Crippen LogP contribution is -2.38. The molecule has 1 aromatic carbocycles. The molecule has 0 saturated carbocycles. The summed E-state index contributed by atoms with van der Waals surface area (Å²) in [7, 11) is 1.29. The molecule has 0 aromatic heterocycles. The van der Waals surface area contributed by atoms with E-state index in [0.717, 1.165) is 18.2 Å². The van der Waals surface area contributed by atoms with E-state index in [0.29, 0.717) is 19.5 Å². The molecular weight excluding hydrogens is 279 g/mol. The number of carbonyl (C=O) groups is 2. The number of Topliss-reactive ketones (excluding diaryl/α,β-unsaturated/α-hetero) is 1. The summed E-state index contributed by atoms with van der Waals surface area (Å²) in [5.74, 6) is -1.15. The predicted molar refractivity (Wildman–Crippen MR) is 72.8 cm³/mol. The molecule has 1 fully saturated rings. The summed E-state index contributed by atoms with van der Waals surface area (Å²) in [4.78, 5) is 25.0. The molecular formula is C14H17FN2O4. The first-order valence-corrected chi connectivity index (χ1v) is 6.58. The molecule has 1 unspecified atom stereocenters. The number of ketones is 1. The molecule has 0 bridgehead atoms. The van der Waals surface area contributed by atoms with Gasteiger partial charge in [-0.25, -0.2) is 9.18 Å². The lowest BCUT2D eigenvalue weighted by atomic mass is 10.1. The number of amides is 1. The smallest absolute Gasteiger partial charge is 0.407 e. The molecule has 1 aliphatic rings. The van der Waals surface area contributed by atoms with Crippen LogP contribution in [0, 0.1) is 5.82 Å². The number of aromatic hydroxyl groups is 1. The zero-order valence-corrected chi connectivity index (χ0v) is 11.6. The van der Waals surface area contributed by atoms with Gasteiger partial charge >= 0.3 is 6.09 Å². The monoisotopic (exact) mass is 296 g/mol. The van der Waals surface area contributed by atoms with Crippen LogP contribution in [0.3, 0.4) is 0 Å². The number of phenolic OH excluding ortho intramolecular Hbond substituents is 1. The minimum absolute atomic E-state index is 0.0284. The minimum atomic E-state index is -0.567. The molecule has 0 aliphatic carbocycles. The Labute approximate surface area is 121 Å². The van der Waals surface area contributed by atoms with E-state index in [4.69, 9.17) is 0 Å². The first kappa shape index (κ1) is 15.2. The van der Waals surface area contributed by atoms with E-state index in [1.54, 1.807) is 0 Å². The highest BCUT2D eigenvalue weighted by atomic mass is 19.1. The number of carbonyl (C=O) groups excluding carboxylic acids is 2. The van der Waals surface area contributed by atoms with E-state index >= 15 is 0 Å². The molecule has 6 nitrogen and oxygen atoms in total. The van der Waals surface area contributed by atoms with Gasteiger partial charge in [-0.3, -0.25) is 9.69 Å². The third kappa shape index (κ3) is 3.91. The van der Waals surface area contributed by atoms with Crippen LogP contribution in [-0.2, 0) is 4.74 Å². The zero-order valence-electron chi connectivity index (χ0n) is 11.6. The van der Waals surface area contributed by atoms with Crippen molar-refractivity contribution in [2.45, 2.75) is 12.5 Å². The third-order valence-electron chi connectivity index (χ3n) is 3.41. The Morgan fingerprint density at radius 2 is 2.29 bits per heavy atom. The number of phenols is 1. The summed E-state index contributed by atoms with van der Waals surface area (Å²) >= 11 is 0. The molecule has 21 heavy (non-hydrogen) atoms. The van der Waals surface area contributed by atoms with Gasteiger partial charge in [-0.05, 0) is 24.6 Å². The van der Waals surface area contributed by atoms with Crippen LogP contribution in [0.1, 0.15) is 16.8 Å². The molecule has 0 spiro atoms. The predicted octanol–water partition coefficient (Wildman–Crippen LogP) is 1.14. The second-order valence-electron chi connectivity index (χ2n) is 4.94. The van der Waals surface area contributed by atoms with Crippen LogP contribution in [0.4, 0.5) is 9.18 Å². The molecule has 1 heterocycles. The van der Waals surface area contributed by atoms with Crippen LogP contribution >= 0.6 is 0 Å². The summed E-state index contributed by atoms with van der Waals surface area (Å²) in [6.45, 7) is 1.21. The number of ether oxygens (including phenoxy) is 1. The van der Waals surface area contributed by atoms with Crippen LogP contribution in [0.2, 0.25) is 0 Å². The van der Waals surface area contributed by atoms with Gasteiger partial charge in [0.2, 0.25) is 0 Å². The van der Waals surface area contributed by atoms with Gasteiger partial charge < -0.3 is 15.2 Å². The van der Waals surface area contributed by atoms with Crippen LogP contribution in [0.15, 0.2) is 18.2 Å². The molecule has 2 N–H and O–H groups in total. The second kappa shape index (κ2) is 6.53. The van der Waals surface area contributed by atoms with E-state index < -0.39 is 11.9 Å². The topological polar surface area (TPSA) is 78.9 Å². The molecule has 1 saturated heterocycles. The van der Waals surface area contributed by atoms with E-state index in [1.165, 1.54) is 7.11 Å². The first-order valence-electron chi connectivity index (χ1n) is 6.58. The maximum absolute atomic E-state index is 13.1. The molecule has 2 rings (SSSR count). The Bertz CT molecular complexity index is 550. The first-order chi connectivity index (χ1) is 9.99. The van der Waals surface area contributed by atoms with Gasteiger partial charge in [0.05, 0.1) is 19.2 Å². The maximum Gasteiger partial charge on any atom is 0.407 e. The highest BCUT2D eigenvalue weighted by molar-refractivity contribution is 6.00. The number of likely N-dealkylation sites (tertiary alicyclic amines) is 1. The highest BCUT2D eigenvalue weighted by Gasteiger charge is 2.26. The number of nitrogens with one attached hydrogen (secondary N) is 1. The average molecular weight is 296 g/mol. The number of hydrogen-bond acceptors (Lipinski definition) is 5. The van der Waals surface area contributed by atoms with Gasteiger partial charge in [-0.15, -0.1) is 0 Å². The lowest BCUT2D eigenvalue weighted by molar-refractivity contribution is 0.0941. The summed E-state index contributed by atoms with van der Waals surface area (Å²) in [6.07, 6.45) is 0.202. The van der Waals surface area contributed by atoms with Gasteiger partial charge in [0.25, 0.3) is 0 Å². The number of hydrogen-bond donors (Lipinski definition) is 2. The van der Waals surface area contributed by atoms with Crippen LogP contribution < -0.4 is 5.32 Å². The van der Waals surface area contributed by atoms with Crippen molar-refractivity contribution in [1.29, 1.82) is 0 Å². The summed E-state index contributed by atoms with van der Waals surface area (Å²) < 4.78 is 17.6. The molecule has 0 radical (unpaired) electrons. The normalized spacial score (nSPS) is 18.5. The summed E-state index contributed by atoms with van der Waals surface area (Å²) in [5.41, 5.74) is -0.0284. The average Bonchev–Trinajstić information content (AvgIpc) is 2.88. The molecule has 7 heteroatoms. The number of methoxy groups -OCH3 is 1. The van der Waals surface area contributed by atoms with E-state index in [1.807, 2.05) is 4.90 Å². The fraction of sp³-hybridized carbons (Fsp3) is 0.429. The molecule has 114 valence electrons. The van der Waals surface area contributed by atoms with E-state index in [2.05, 4.69) is 10.1 Å². The van der Waals surface area contributed by atoms with Crippen molar-refractivity contribution in [2.24, 2.45) is 0 Å². The molecule has 1 aromatic rings. The highest BCUT2D eigenvalue weighted by Crippen LogP contribution is 2.19. The molecule has 1 amide bonds. The Kier molecular flexibility index (Phi) is 4.74. The number of rotatable bonds is 4. The lowest BCUT2D eigenvalue weighted by Gasteiger charge is -2.16. The van der Waals surface area contributed by atoms with Crippen LogP contribution in [0.5, 0.6) is 5.75 Å². The van der Waals surface area contributed by atoms with Gasteiger partial charge in [0.1, 0.15) is 11.6 Å². The third-order valence-corrected chi connectivity index (χ3v) is 3.41. The maximum atomic E-state index is 13.1. The number of benzene rings is 1. The van der Waals surface area contributed by atoms with Crippen molar-refractivity contribution in [2.75, 3.05) is 26.7 Å². The number of halogens is 1. The number of alkyl carbamates (subject to hydrolysis) is 1. The Balaban J connectivity index is 1.92. The fourth-order valence-electron chi connectivity index (χ4n) is 2.34. The second-order valence-corrected chi connectivity index (χ2v) is 4.94. The van der Waals surface area contributed by atoms with Crippen molar-refractivity contribution in [3.63, 3.8) is 0 Å². The van der Waals surface area contributed by atoms with Gasteiger partial charge in [-0.1, -0.05) is 0 Å². The Morgan fingerprint density at radius 1 is 1.52 bits per heavy atom. The van der Waals surface area contributed by atoms with Crippen LogP contribution in [0.25, 0.3) is 0 Å². The van der Waals surface area contributed by atoms with Gasteiger partial charge in [0, 0.05) is 19.1 Å². The molecule has 1 atom stereocenters. The number of nitrogens with zero attached hydrogens (tertiary/aromatic N) is 1. The van der Waals surface area contributed by atoms with E-state index in [-0.39, 0.29) is 29.7 Å². The SMILES string of the molecule is COC(=O)NC1CCN(CC(=O)c2cc(F)ccc2O)C1. The fourth-order valence-corrected chi connectivity index (χ4v) is 2.34. The van der Waals surface area contributed by atoms with Gasteiger partial charge in [-0.2, -0.15) is 0 Å². The summed E-state index contributed by atoms with van der Waals surface area (Å²) in [6, 6.07) is 3.20. The van der Waals surface area contributed by atoms with Crippen molar-refractivity contribution in [1.82, 2.24) is 10.2 Å². The Morgan fingerprint density at radius 3 is 3.00 bits per heavy atom.